The largest absolute Gasteiger partial charge is 0.354 e. The zero-order valence-corrected chi connectivity index (χ0v) is 11.0. The average Bonchev–Trinajstić information content (AvgIpc) is 2.42. The van der Waals surface area contributed by atoms with Crippen molar-refractivity contribution in [3.8, 4) is 0 Å². The summed E-state index contributed by atoms with van der Waals surface area (Å²) >= 11 is 0. The minimum atomic E-state index is 0.0248. The van der Waals surface area contributed by atoms with E-state index in [4.69, 9.17) is 0 Å². The summed E-state index contributed by atoms with van der Waals surface area (Å²) in [4.78, 5) is 11.9. The molecule has 1 atom stereocenters. The molecule has 0 aliphatic carbocycles. The predicted octanol–water partition coefficient (Wildman–Crippen LogP) is 1.80. The lowest BCUT2D eigenvalue weighted by atomic mass is 10.0. The third-order valence-corrected chi connectivity index (χ3v) is 3.46. The summed E-state index contributed by atoms with van der Waals surface area (Å²) in [6.07, 6.45) is 4.21. The Hall–Kier alpha value is -1.35. The highest BCUT2D eigenvalue weighted by Gasteiger charge is 2.19. The van der Waals surface area contributed by atoms with E-state index in [9.17, 15) is 4.79 Å². The molecule has 1 aliphatic rings. The summed E-state index contributed by atoms with van der Waals surface area (Å²) in [6.45, 7) is 3.77. The van der Waals surface area contributed by atoms with E-state index in [1.54, 1.807) is 0 Å². The standard InChI is InChI=1S/C15H22N2O/c1-12-5-7-13(8-6-12)9-11-17-15(18)14-4-2-3-10-16-14/h5-8,14,16H,2-4,9-11H2,1H3,(H,17,18). The molecular formula is C15H22N2O. The minimum Gasteiger partial charge on any atom is -0.354 e. The van der Waals surface area contributed by atoms with Crippen LogP contribution in [0.5, 0.6) is 0 Å². The van der Waals surface area contributed by atoms with Crippen molar-refractivity contribution in [2.24, 2.45) is 0 Å². The molecule has 0 aromatic heterocycles. The SMILES string of the molecule is Cc1ccc(CCNC(=O)C2CCCCN2)cc1. The van der Waals surface area contributed by atoms with Crippen LogP contribution < -0.4 is 10.6 Å². The van der Waals surface area contributed by atoms with Crippen LogP contribution in [0.3, 0.4) is 0 Å². The molecule has 0 saturated carbocycles. The van der Waals surface area contributed by atoms with E-state index in [2.05, 4.69) is 41.8 Å². The molecule has 3 nitrogen and oxygen atoms in total. The molecular weight excluding hydrogens is 224 g/mol. The number of hydrogen-bond donors (Lipinski definition) is 2. The van der Waals surface area contributed by atoms with E-state index in [1.165, 1.54) is 17.5 Å². The maximum absolute atomic E-state index is 11.9. The number of hydrogen-bond acceptors (Lipinski definition) is 2. The Morgan fingerprint density at radius 3 is 2.78 bits per heavy atom. The van der Waals surface area contributed by atoms with Crippen molar-refractivity contribution in [3.63, 3.8) is 0 Å². The van der Waals surface area contributed by atoms with Gasteiger partial charge in [0.05, 0.1) is 6.04 Å². The number of benzene rings is 1. The van der Waals surface area contributed by atoms with Crippen LogP contribution >= 0.6 is 0 Å². The van der Waals surface area contributed by atoms with Gasteiger partial charge in [0.1, 0.15) is 0 Å². The molecule has 18 heavy (non-hydrogen) atoms. The number of piperidine rings is 1. The van der Waals surface area contributed by atoms with Crippen molar-refractivity contribution >= 4 is 5.91 Å². The van der Waals surface area contributed by atoms with Crippen molar-refractivity contribution in [3.05, 3.63) is 35.4 Å². The van der Waals surface area contributed by atoms with E-state index >= 15 is 0 Å². The second-order valence-corrected chi connectivity index (χ2v) is 5.03. The molecule has 1 aliphatic heterocycles. The lowest BCUT2D eigenvalue weighted by molar-refractivity contribution is -0.123. The van der Waals surface area contributed by atoms with Crippen LogP contribution in [0.25, 0.3) is 0 Å². The smallest absolute Gasteiger partial charge is 0.237 e. The summed E-state index contributed by atoms with van der Waals surface area (Å²) in [5.41, 5.74) is 2.55. The van der Waals surface area contributed by atoms with Gasteiger partial charge in [-0.3, -0.25) is 4.79 Å². The van der Waals surface area contributed by atoms with Gasteiger partial charge in [-0.15, -0.1) is 0 Å². The fourth-order valence-corrected chi connectivity index (χ4v) is 2.28. The Balaban J connectivity index is 1.71. The highest BCUT2D eigenvalue weighted by Crippen LogP contribution is 2.07. The first-order valence-electron chi connectivity index (χ1n) is 6.82. The molecule has 0 bridgehead atoms. The van der Waals surface area contributed by atoms with Crippen LogP contribution in [0.1, 0.15) is 30.4 Å². The van der Waals surface area contributed by atoms with E-state index < -0.39 is 0 Å². The molecule has 3 heteroatoms. The van der Waals surface area contributed by atoms with Gasteiger partial charge in [-0.25, -0.2) is 0 Å². The molecule has 1 fully saturated rings. The lowest BCUT2D eigenvalue weighted by Gasteiger charge is -2.22. The van der Waals surface area contributed by atoms with Gasteiger partial charge in [-0.1, -0.05) is 36.2 Å². The normalized spacial score (nSPS) is 19.5. The molecule has 1 unspecified atom stereocenters. The van der Waals surface area contributed by atoms with Gasteiger partial charge in [0.2, 0.25) is 5.91 Å². The fourth-order valence-electron chi connectivity index (χ4n) is 2.28. The van der Waals surface area contributed by atoms with E-state index in [0.29, 0.717) is 0 Å². The maximum Gasteiger partial charge on any atom is 0.237 e. The monoisotopic (exact) mass is 246 g/mol. The first-order chi connectivity index (χ1) is 8.75. The number of rotatable bonds is 4. The Morgan fingerprint density at radius 2 is 2.11 bits per heavy atom. The third-order valence-electron chi connectivity index (χ3n) is 3.46. The molecule has 98 valence electrons. The zero-order chi connectivity index (χ0) is 12.8. The maximum atomic E-state index is 11.9. The first-order valence-corrected chi connectivity index (χ1v) is 6.82. The molecule has 1 heterocycles. The molecule has 1 aromatic carbocycles. The van der Waals surface area contributed by atoms with Crippen LogP contribution in [0.15, 0.2) is 24.3 Å². The van der Waals surface area contributed by atoms with E-state index in [0.717, 1.165) is 32.4 Å². The van der Waals surface area contributed by atoms with Crippen molar-refractivity contribution in [2.45, 2.75) is 38.6 Å². The van der Waals surface area contributed by atoms with Gasteiger partial charge in [0.25, 0.3) is 0 Å². The summed E-state index contributed by atoms with van der Waals surface area (Å²) in [5, 5.41) is 6.28. The number of nitrogens with one attached hydrogen (secondary N) is 2. The van der Waals surface area contributed by atoms with Gasteiger partial charge in [0.15, 0.2) is 0 Å². The second-order valence-electron chi connectivity index (χ2n) is 5.03. The van der Waals surface area contributed by atoms with Gasteiger partial charge >= 0.3 is 0 Å². The van der Waals surface area contributed by atoms with Crippen molar-refractivity contribution in [1.29, 1.82) is 0 Å². The topological polar surface area (TPSA) is 41.1 Å². The highest BCUT2D eigenvalue weighted by molar-refractivity contribution is 5.81. The summed E-state index contributed by atoms with van der Waals surface area (Å²) < 4.78 is 0. The summed E-state index contributed by atoms with van der Waals surface area (Å²) in [6, 6.07) is 8.50. The Labute approximate surface area is 109 Å². The number of carbonyl (C=O) groups excluding carboxylic acids is 1. The Bertz CT molecular complexity index is 380. The summed E-state index contributed by atoms with van der Waals surface area (Å²) in [5.74, 6) is 0.154. The van der Waals surface area contributed by atoms with Crippen molar-refractivity contribution in [1.82, 2.24) is 10.6 Å². The highest BCUT2D eigenvalue weighted by atomic mass is 16.2. The van der Waals surface area contributed by atoms with E-state index in [-0.39, 0.29) is 11.9 Å². The molecule has 1 aromatic rings. The van der Waals surface area contributed by atoms with Crippen LogP contribution in [0.2, 0.25) is 0 Å². The van der Waals surface area contributed by atoms with Gasteiger partial charge in [-0.05, 0) is 38.3 Å². The van der Waals surface area contributed by atoms with Gasteiger partial charge in [0, 0.05) is 6.54 Å². The quantitative estimate of drug-likeness (QED) is 0.850. The van der Waals surface area contributed by atoms with Crippen LogP contribution in [0, 0.1) is 6.92 Å². The van der Waals surface area contributed by atoms with Gasteiger partial charge in [-0.2, -0.15) is 0 Å². The summed E-state index contributed by atoms with van der Waals surface area (Å²) in [7, 11) is 0. The van der Waals surface area contributed by atoms with Crippen LogP contribution in [-0.4, -0.2) is 25.0 Å². The fraction of sp³-hybridized carbons (Fsp3) is 0.533. The lowest BCUT2D eigenvalue weighted by Crippen LogP contribution is -2.47. The first kappa shape index (κ1) is 13.1. The minimum absolute atomic E-state index is 0.0248. The molecule has 1 saturated heterocycles. The third kappa shape index (κ3) is 3.84. The Kier molecular flexibility index (Phi) is 4.76. The van der Waals surface area contributed by atoms with Crippen molar-refractivity contribution in [2.75, 3.05) is 13.1 Å². The van der Waals surface area contributed by atoms with Gasteiger partial charge < -0.3 is 10.6 Å². The second kappa shape index (κ2) is 6.55. The Morgan fingerprint density at radius 1 is 1.33 bits per heavy atom. The molecule has 0 radical (unpaired) electrons. The zero-order valence-electron chi connectivity index (χ0n) is 11.0. The molecule has 1 amide bonds. The molecule has 2 rings (SSSR count). The van der Waals surface area contributed by atoms with Crippen molar-refractivity contribution < 1.29 is 4.79 Å². The number of aryl methyl sites for hydroxylation is 1. The number of amides is 1. The number of carbonyl (C=O) groups is 1. The molecule has 2 N–H and O–H groups in total. The molecule has 0 spiro atoms. The average molecular weight is 246 g/mol. The predicted molar refractivity (Wildman–Crippen MR) is 73.5 cm³/mol. The van der Waals surface area contributed by atoms with Crippen LogP contribution in [-0.2, 0) is 11.2 Å². The van der Waals surface area contributed by atoms with E-state index in [1.807, 2.05) is 0 Å². The van der Waals surface area contributed by atoms with Crippen LogP contribution in [0.4, 0.5) is 0 Å².